The number of nitrogen functional groups attached to an aromatic ring is 1. The lowest BCUT2D eigenvalue weighted by molar-refractivity contribution is 0.410. The largest absolute Gasteiger partial charge is 0.308 e. The van der Waals surface area contributed by atoms with Gasteiger partial charge in [-0.25, -0.2) is 19.2 Å². The maximum absolute atomic E-state index is 12.1. The summed E-state index contributed by atoms with van der Waals surface area (Å²) in [6.07, 6.45) is 1.40. The van der Waals surface area contributed by atoms with Crippen LogP contribution in [0.2, 0.25) is 0 Å². The van der Waals surface area contributed by atoms with Crippen molar-refractivity contribution in [2.24, 2.45) is 5.84 Å². The number of rotatable bonds is 4. The maximum atomic E-state index is 12.1. The van der Waals surface area contributed by atoms with Crippen molar-refractivity contribution >= 4 is 15.8 Å². The van der Waals surface area contributed by atoms with E-state index in [0.717, 1.165) is 0 Å². The summed E-state index contributed by atoms with van der Waals surface area (Å²) in [4.78, 5) is 4.03. The number of aromatic nitrogens is 1. The zero-order valence-electron chi connectivity index (χ0n) is 9.51. The molecule has 0 aliphatic rings. The Kier molecular flexibility index (Phi) is 3.84. The molecule has 7 heteroatoms. The first-order valence-electron chi connectivity index (χ1n) is 4.80. The van der Waals surface area contributed by atoms with Gasteiger partial charge in [0.15, 0.2) is 0 Å². The molecule has 90 valence electrons. The van der Waals surface area contributed by atoms with E-state index in [1.807, 2.05) is 0 Å². The lowest BCUT2D eigenvalue weighted by atomic mass is 10.4. The number of anilines is 1. The zero-order chi connectivity index (χ0) is 12.3. The van der Waals surface area contributed by atoms with Crippen molar-refractivity contribution in [2.45, 2.75) is 24.8 Å². The molecule has 0 aromatic carbocycles. The second-order valence-corrected chi connectivity index (χ2v) is 5.63. The highest BCUT2D eigenvalue weighted by molar-refractivity contribution is 7.89. The predicted molar refractivity (Wildman–Crippen MR) is 62.1 cm³/mol. The van der Waals surface area contributed by atoms with Crippen LogP contribution in [0.3, 0.4) is 0 Å². The molecule has 1 heterocycles. The Balaban J connectivity index is 3.17. The summed E-state index contributed by atoms with van der Waals surface area (Å²) in [5.74, 6) is 5.49. The van der Waals surface area contributed by atoms with Gasteiger partial charge < -0.3 is 5.43 Å². The predicted octanol–water partition coefficient (Wildman–Crippen LogP) is 0.396. The van der Waals surface area contributed by atoms with Crippen molar-refractivity contribution in [3.8, 4) is 0 Å². The summed E-state index contributed by atoms with van der Waals surface area (Å²) < 4.78 is 25.4. The van der Waals surface area contributed by atoms with E-state index in [1.54, 1.807) is 13.8 Å². The molecule has 0 fully saturated rings. The zero-order valence-corrected chi connectivity index (χ0v) is 10.3. The second kappa shape index (κ2) is 4.77. The number of hydrogen-bond donors (Lipinski definition) is 2. The van der Waals surface area contributed by atoms with Gasteiger partial charge in [-0.3, -0.25) is 0 Å². The van der Waals surface area contributed by atoms with Crippen LogP contribution in [-0.2, 0) is 10.0 Å². The summed E-state index contributed by atoms with van der Waals surface area (Å²) in [5.41, 5.74) is 2.31. The quantitative estimate of drug-likeness (QED) is 0.591. The van der Waals surface area contributed by atoms with Crippen molar-refractivity contribution in [3.63, 3.8) is 0 Å². The fourth-order valence-corrected chi connectivity index (χ4v) is 2.48. The van der Waals surface area contributed by atoms with Crippen LogP contribution in [-0.4, -0.2) is 30.8 Å². The van der Waals surface area contributed by atoms with Gasteiger partial charge in [-0.2, -0.15) is 4.31 Å². The van der Waals surface area contributed by atoms with Crippen LogP contribution in [0.5, 0.6) is 0 Å². The summed E-state index contributed by atoms with van der Waals surface area (Å²) >= 11 is 0. The number of pyridine rings is 1. The van der Waals surface area contributed by atoms with Crippen LogP contribution in [0, 0.1) is 0 Å². The van der Waals surface area contributed by atoms with Gasteiger partial charge in [-0.15, -0.1) is 0 Å². The fraction of sp³-hybridized carbons (Fsp3) is 0.444. The van der Waals surface area contributed by atoms with E-state index in [9.17, 15) is 8.42 Å². The molecule has 0 saturated heterocycles. The number of hydrazine groups is 1. The van der Waals surface area contributed by atoms with E-state index in [0.29, 0.717) is 5.82 Å². The number of nitrogens with one attached hydrogen (secondary N) is 1. The Morgan fingerprint density at radius 2 is 2.12 bits per heavy atom. The van der Waals surface area contributed by atoms with Crippen molar-refractivity contribution in [2.75, 3.05) is 12.5 Å². The van der Waals surface area contributed by atoms with Crippen LogP contribution in [0.1, 0.15) is 13.8 Å². The minimum Gasteiger partial charge on any atom is -0.308 e. The van der Waals surface area contributed by atoms with Crippen LogP contribution >= 0.6 is 0 Å². The summed E-state index contributed by atoms with van der Waals surface area (Å²) in [7, 11) is -1.94. The Hall–Kier alpha value is -1.18. The van der Waals surface area contributed by atoms with Gasteiger partial charge in [0.05, 0.1) is 4.90 Å². The summed E-state index contributed by atoms with van der Waals surface area (Å²) in [6, 6.07) is 2.73. The van der Waals surface area contributed by atoms with Gasteiger partial charge in [0.2, 0.25) is 10.0 Å². The van der Waals surface area contributed by atoms with E-state index >= 15 is 0 Å². The molecule has 3 N–H and O–H groups in total. The highest BCUT2D eigenvalue weighted by atomic mass is 32.2. The van der Waals surface area contributed by atoms with E-state index in [-0.39, 0.29) is 10.9 Å². The average Bonchev–Trinajstić information content (AvgIpc) is 2.27. The molecular weight excluding hydrogens is 228 g/mol. The molecule has 1 rings (SSSR count). The summed E-state index contributed by atoms with van der Waals surface area (Å²) in [5, 5.41) is 0. The molecule has 0 bridgehead atoms. The maximum Gasteiger partial charge on any atom is 0.243 e. The van der Waals surface area contributed by atoms with Crippen molar-refractivity contribution in [1.29, 1.82) is 0 Å². The third-order valence-corrected chi connectivity index (χ3v) is 4.31. The minimum absolute atomic E-state index is 0.104. The topological polar surface area (TPSA) is 88.3 Å². The molecule has 6 nitrogen and oxygen atoms in total. The van der Waals surface area contributed by atoms with Gasteiger partial charge in [-0.1, -0.05) is 0 Å². The molecule has 0 spiro atoms. The molecule has 0 aliphatic heterocycles. The lowest BCUT2D eigenvalue weighted by Crippen LogP contribution is -2.33. The number of nitrogens with two attached hydrogens (primary N) is 1. The van der Waals surface area contributed by atoms with Gasteiger partial charge in [-0.05, 0) is 19.9 Å². The van der Waals surface area contributed by atoms with Gasteiger partial charge >= 0.3 is 0 Å². The van der Waals surface area contributed by atoms with Gasteiger partial charge in [0.1, 0.15) is 5.82 Å². The Morgan fingerprint density at radius 1 is 1.50 bits per heavy atom. The van der Waals surface area contributed by atoms with Crippen molar-refractivity contribution in [3.05, 3.63) is 18.3 Å². The molecule has 0 amide bonds. The van der Waals surface area contributed by atoms with E-state index < -0.39 is 10.0 Å². The second-order valence-electron chi connectivity index (χ2n) is 3.64. The van der Waals surface area contributed by atoms with Gasteiger partial charge in [0, 0.05) is 25.4 Å². The Labute approximate surface area is 95.5 Å². The van der Waals surface area contributed by atoms with Crippen molar-refractivity contribution in [1.82, 2.24) is 9.29 Å². The van der Waals surface area contributed by atoms with E-state index in [2.05, 4.69) is 10.4 Å². The molecule has 0 radical (unpaired) electrons. The molecule has 0 aliphatic carbocycles. The minimum atomic E-state index is -3.47. The third kappa shape index (κ3) is 2.49. The van der Waals surface area contributed by atoms with Crippen molar-refractivity contribution < 1.29 is 8.42 Å². The molecule has 16 heavy (non-hydrogen) atoms. The molecule has 0 saturated carbocycles. The first-order chi connectivity index (χ1) is 7.39. The standard InChI is InChI=1S/C9H16N4O2S/c1-7(2)13(3)16(14,15)8-4-5-11-9(6-8)12-10/h4-7H,10H2,1-3H3,(H,11,12). The van der Waals surface area contributed by atoms with Gasteiger partial charge in [0.25, 0.3) is 0 Å². The molecule has 1 aromatic heterocycles. The third-order valence-electron chi connectivity index (χ3n) is 2.28. The number of sulfonamides is 1. The van der Waals surface area contributed by atoms with E-state index in [1.165, 1.54) is 29.7 Å². The SMILES string of the molecule is CC(C)N(C)S(=O)(=O)c1ccnc(NN)c1. The van der Waals surface area contributed by atoms with Crippen LogP contribution in [0.4, 0.5) is 5.82 Å². The van der Waals surface area contributed by atoms with Crippen LogP contribution in [0.15, 0.2) is 23.2 Å². The molecule has 0 atom stereocenters. The van der Waals surface area contributed by atoms with Crippen LogP contribution < -0.4 is 11.3 Å². The Morgan fingerprint density at radius 3 is 2.62 bits per heavy atom. The number of hydrogen-bond acceptors (Lipinski definition) is 5. The van der Waals surface area contributed by atoms with Crippen LogP contribution in [0.25, 0.3) is 0 Å². The molecule has 0 unspecified atom stereocenters. The normalized spacial score (nSPS) is 12.1. The molecular formula is C9H16N4O2S. The Bertz CT molecular complexity index is 458. The smallest absolute Gasteiger partial charge is 0.243 e. The monoisotopic (exact) mass is 244 g/mol. The first kappa shape index (κ1) is 12.9. The first-order valence-corrected chi connectivity index (χ1v) is 6.24. The fourth-order valence-electron chi connectivity index (χ4n) is 1.09. The molecule has 1 aromatic rings. The average molecular weight is 244 g/mol. The highest BCUT2D eigenvalue weighted by Crippen LogP contribution is 2.17. The van der Waals surface area contributed by atoms with E-state index in [4.69, 9.17) is 5.84 Å². The number of nitrogens with zero attached hydrogens (tertiary/aromatic N) is 2. The highest BCUT2D eigenvalue weighted by Gasteiger charge is 2.23. The lowest BCUT2D eigenvalue weighted by Gasteiger charge is -2.21. The summed E-state index contributed by atoms with van der Waals surface area (Å²) in [6.45, 7) is 3.61.